The van der Waals surface area contributed by atoms with E-state index in [-0.39, 0.29) is 11.2 Å². The monoisotopic (exact) mass is 425 g/mol. The van der Waals surface area contributed by atoms with Crippen molar-refractivity contribution in [3.63, 3.8) is 0 Å². The fourth-order valence-corrected chi connectivity index (χ4v) is 4.57. The molecule has 0 unspecified atom stereocenters. The zero-order valence-corrected chi connectivity index (χ0v) is 19.3. The lowest BCUT2D eigenvalue weighted by molar-refractivity contribution is 0.404. The molecular weight excluding hydrogens is 397 g/mol. The van der Waals surface area contributed by atoms with Crippen LogP contribution in [0.5, 0.6) is 0 Å². The zero-order valence-electron chi connectivity index (χ0n) is 19.3. The quantitative estimate of drug-likeness (QED) is 0.289. The minimum absolute atomic E-state index is 0.0257. The Labute approximate surface area is 188 Å². The number of hydrogen-bond donors (Lipinski definition) is 0. The summed E-state index contributed by atoms with van der Waals surface area (Å²) in [6.07, 6.45) is 2.45. The Balaban J connectivity index is 1.86. The molecule has 3 heteroatoms. The van der Waals surface area contributed by atoms with Crippen LogP contribution in [0, 0.1) is 11.2 Å². The maximum atomic E-state index is 14.9. The molecule has 0 spiro atoms. The highest BCUT2D eigenvalue weighted by atomic mass is 19.1. The van der Waals surface area contributed by atoms with Crippen LogP contribution in [0.2, 0.25) is 0 Å². The lowest BCUT2D eigenvalue weighted by Crippen LogP contribution is -2.11. The third kappa shape index (κ3) is 3.46. The summed E-state index contributed by atoms with van der Waals surface area (Å²) in [4.78, 5) is 4.78. The van der Waals surface area contributed by atoms with E-state index < -0.39 is 0 Å². The molecule has 5 rings (SSSR count). The second-order valence-corrected chi connectivity index (χ2v) is 10.2. The van der Waals surface area contributed by atoms with Crippen LogP contribution < -0.4 is 0 Å². The van der Waals surface area contributed by atoms with Gasteiger partial charge in [-0.25, -0.2) is 4.39 Å². The summed E-state index contributed by atoms with van der Waals surface area (Å²) < 4.78 is 21.2. The van der Waals surface area contributed by atoms with Crippen molar-refractivity contribution in [3.8, 4) is 11.3 Å². The van der Waals surface area contributed by atoms with Crippen LogP contribution >= 0.6 is 0 Å². The molecule has 0 aliphatic heterocycles. The van der Waals surface area contributed by atoms with Gasteiger partial charge < -0.3 is 4.42 Å². The highest BCUT2D eigenvalue weighted by Gasteiger charge is 2.21. The second-order valence-electron chi connectivity index (χ2n) is 10.2. The first-order chi connectivity index (χ1) is 15.2. The van der Waals surface area contributed by atoms with E-state index in [1.807, 2.05) is 30.3 Å². The maximum Gasteiger partial charge on any atom is 0.144 e. The molecule has 3 aromatic carbocycles. The minimum atomic E-state index is -0.158. The number of fused-ring (bicyclic) bond motifs is 4. The Morgan fingerprint density at radius 2 is 1.69 bits per heavy atom. The smallest absolute Gasteiger partial charge is 0.144 e. The van der Waals surface area contributed by atoms with Crippen LogP contribution in [-0.2, 0) is 6.42 Å². The summed E-state index contributed by atoms with van der Waals surface area (Å²) in [5, 5.41) is 4.07. The summed E-state index contributed by atoms with van der Waals surface area (Å²) in [6, 6.07) is 17.9. The number of pyridine rings is 1. The molecule has 0 saturated carbocycles. The van der Waals surface area contributed by atoms with Crippen molar-refractivity contribution in [1.29, 1.82) is 0 Å². The molecule has 0 atom stereocenters. The number of nitrogens with zero attached hydrogens (tertiary/aromatic N) is 1. The van der Waals surface area contributed by atoms with Crippen molar-refractivity contribution in [2.24, 2.45) is 5.41 Å². The van der Waals surface area contributed by atoms with Gasteiger partial charge in [0.15, 0.2) is 0 Å². The van der Waals surface area contributed by atoms with Gasteiger partial charge in [0.05, 0.1) is 5.69 Å². The number of rotatable bonds is 3. The van der Waals surface area contributed by atoms with Gasteiger partial charge in [0.1, 0.15) is 17.0 Å². The number of aromatic nitrogens is 1. The Kier molecular flexibility index (Phi) is 4.81. The molecule has 2 aromatic heterocycles. The van der Waals surface area contributed by atoms with Crippen molar-refractivity contribution in [2.45, 2.75) is 47.0 Å². The lowest BCUT2D eigenvalue weighted by Gasteiger charge is -2.20. The Hall–Kier alpha value is -3.20. The van der Waals surface area contributed by atoms with Crippen LogP contribution in [-0.4, -0.2) is 4.98 Å². The fraction of sp³-hybridized carbons (Fsp3) is 0.276. The van der Waals surface area contributed by atoms with Crippen molar-refractivity contribution < 1.29 is 8.81 Å². The summed E-state index contributed by atoms with van der Waals surface area (Å²) in [7, 11) is 0. The van der Waals surface area contributed by atoms with Gasteiger partial charge in [-0.2, -0.15) is 0 Å². The molecule has 0 aliphatic carbocycles. The molecule has 0 fully saturated rings. The standard InChI is InChI=1S/C29H28FNO/c1-17(2)18-14-22-20-8-6-7-9-26(20)32-28(22)23(15-18)27-21-10-11-25(30)24(16-29(3,4)5)19(21)12-13-31-27/h6-15,17H,16H2,1-5H3. The third-order valence-electron chi connectivity index (χ3n) is 6.13. The van der Waals surface area contributed by atoms with Gasteiger partial charge in [0.25, 0.3) is 0 Å². The Bertz CT molecular complexity index is 1470. The number of para-hydroxylation sites is 1. The van der Waals surface area contributed by atoms with E-state index in [0.717, 1.165) is 49.5 Å². The molecule has 0 aliphatic rings. The summed E-state index contributed by atoms with van der Waals surface area (Å²) in [5.74, 6) is 0.199. The zero-order chi connectivity index (χ0) is 22.6. The van der Waals surface area contributed by atoms with E-state index in [2.05, 4.69) is 52.8 Å². The largest absolute Gasteiger partial charge is 0.455 e. The first-order valence-electron chi connectivity index (χ1n) is 11.2. The van der Waals surface area contributed by atoms with Crippen molar-refractivity contribution in [3.05, 3.63) is 77.7 Å². The first kappa shape index (κ1) is 20.7. The van der Waals surface area contributed by atoms with Crippen molar-refractivity contribution in [2.75, 3.05) is 0 Å². The number of benzene rings is 3. The molecule has 0 N–H and O–H groups in total. The van der Waals surface area contributed by atoms with Crippen LogP contribution in [0.15, 0.2) is 65.2 Å². The Morgan fingerprint density at radius 1 is 0.906 bits per heavy atom. The lowest BCUT2D eigenvalue weighted by atomic mass is 9.85. The molecule has 0 amide bonds. The third-order valence-corrected chi connectivity index (χ3v) is 6.13. The predicted molar refractivity (Wildman–Crippen MR) is 132 cm³/mol. The minimum Gasteiger partial charge on any atom is -0.455 e. The summed E-state index contributed by atoms with van der Waals surface area (Å²) >= 11 is 0. The molecule has 0 bridgehead atoms. The van der Waals surface area contributed by atoms with Crippen molar-refractivity contribution in [1.82, 2.24) is 4.98 Å². The first-order valence-corrected chi connectivity index (χ1v) is 11.2. The molecule has 2 heterocycles. The van der Waals surface area contributed by atoms with Gasteiger partial charge in [0, 0.05) is 27.9 Å². The van der Waals surface area contributed by atoms with Crippen LogP contribution in [0.4, 0.5) is 4.39 Å². The normalized spacial score (nSPS) is 12.5. The van der Waals surface area contributed by atoms with Gasteiger partial charge >= 0.3 is 0 Å². The highest BCUT2D eigenvalue weighted by Crippen LogP contribution is 2.40. The van der Waals surface area contributed by atoms with Gasteiger partial charge in [-0.05, 0) is 70.7 Å². The average Bonchev–Trinajstić information content (AvgIpc) is 3.12. The van der Waals surface area contributed by atoms with E-state index in [0.29, 0.717) is 12.3 Å². The van der Waals surface area contributed by atoms with Crippen LogP contribution in [0.1, 0.15) is 51.7 Å². The molecule has 0 saturated heterocycles. The van der Waals surface area contributed by atoms with E-state index in [4.69, 9.17) is 9.40 Å². The highest BCUT2D eigenvalue weighted by molar-refractivity contribution is 6.12. The second kappa shape index (κ2) is 7.44. The number of furan rings is 1. The molecule has 2 nitrogen and oxygen atoms in total. The topological polar surface area (TPSA) is 26.0 Å². The summed E-state index contributed by atoms with van der Waals surface area (Å²) in [5.41, 5.74) is 5.45. The fourth-order valence-electron chi connectivity index (χ4n) is 4.57. The number of halogens is 1. The van der Waals surface area contributed by atoms with E-state index in [1.54, 1.807) is 12.3 Å². The van der Waals surface area contributed by atoms with Gasteiger partial charge in [-0.1, -0.05) is 52.8 Å². The number of hydrogen-bond acceptors (Lipinski definition) is 2. The average molecular weight is 426 g/mol. The molecule has 32 heavy (non-hydrogen) atoms. The van der Waals surface area contributed by atoms with Gasteiger partial charge in [0.2, 0.25) is 0 Å². The predicted octanol–water partition coefficient (Wildman–Crippen LogP) is 8.65. The Morgan fingerprint density at radius 3 is 2.44 bits per heavy atom. The molecule has 162 valence electrons. The van der Waals surface area contributed by atoms with Crippen molar-refractivity contribution >= 4 is 32.7 Å². The van der Waals surface area contributed by atoms with Crippen LogP contribution in [0.25, 0.3) is 44.0 Å². The molecular formula is C29H28FNO. The van der Waals surface area contributed by atoms with E-state index in [9.17, 15) is 4.39 Å². The van der Waals surface area contributed by atoms with Gasteiger partial charge in [-0.15, -0.1) is 0 Å². The maximum absolute atomic E-state index is 14.9. The SMILES string of the molecule is CC(C)c1cc(-c2nccc3c(CC(C)(C)C)c(F)ccc23)c2oc3ccccc3c2c1. The van der Waals surface area contributed by atoms with Gasteiger partial charge in [-0.3, -0.25) is 4.98 Å². The van der Waals surface area contributed by atoms with E-state index in [1.165, 1.54) is 5.56 Å². The van der Waals surface area contributed by atoms with Crippen LogP contribution in [0.3, 0.4) is 0 Å². The van der Waals surface area contributed by atoms with E-state index >= 15 is 0 Å². The molecule has 5 aromatic rings. The summed E-state index contributed by atoms with van der Waals surface area (Å²) in [6.45, 7) is 10.8. The molecule has 0 radical (unpaired) electrons.